The van der Waals surface area contributed by atoms with E-state index in [2.05, 4.69) is 48.6 Å². The first-order valence-electron chi connectivity index (χ1n) is 7.45. The summed E-state index contributed by atoms with van der Waals surface area (Å²) in [4.78, 5) is 0. The summed E-state index contributed by atoms with van der Waals surface area (Å²) in [5.41, 5.74) is 0.771. The molecule has 2 radical (unpaired) electrons. The molecule has 0 amide bonds. The van der Waals surface area contributed by atoms with Gasteiger partial charge in [-0.2, -0.15) is 36.4 Å². The quantitative estimate of drug-likeness (QED) is 0.527. The molecule has 0 aromatic heterocycles. The topological polar surface area (TPSA) is 0 Å². The summed E-state index contributed by atoms with van der Waals surface area (Å²) in [5, 5.41) is 0. The Hall–Kier alpha value is -1.33. The van der Waals surface area contributed by atoms with Gasteiger partial charge in [-0.3, -0.25) is 0 Å². The largest absolute Gasteiger partial charge is 0.214 e. The molecule has 0 aliphatic heterocycles. The Balaban J connectivity index is 0.000000188. The monoisotopic (exact) mass is 390 g/mol. The molecule has 1 fully saturated rings. The molecule has 0 N–H and O–H groups in total. The van der Waals surface area contributed by atoms with E-state index in [1.54, 1.807) is 0 Å². The van der Waals surface area contributed by atoms with Gasteiger partial charge in [-0.05, 0) is 6.42 Å². The van der Waals surface area contributed by atoms with Gasteiger partial charge in [0.25, 0.3) is 0 Å². The second-order valence-corrected chi connectivity index (χ2v) is 5.62. The summed E-state index contributed by atoms with van der Waals surface area (Å²) in [7, 11) is 0. The molecule has 0 atom stereocenters. The molecular formula is C21H20Co2-2. The van der Waals surface area contributed by atoms with Crippen LogP contribution in [0.15, 0.2) is 109 Å². The fourth-order valence-corrected chi connectivity index (χ4v) is 2.96. The van der Waals surface area contributed by atoms with Gasteiger partial charge in [-0.15, -0.1) is 0 Å². The maximum Gasteiger partial charge on any atom is 0.0205 e. The second kappa shape index (κ2) is 9.09. The molecule has 0 bridgehead atoms. The Morgan fingerprint density at radius 1 is 0.522 bits per heavy atom. The van der Waals surface area contributed by atoms with Crippen molar-refractivity contribution in [3.63, 3.8) is 0 Å². The molecule has 5 rings (SSSR count). The molecule has 1 saturated carbocycles. The summed E-state index contributed by atoms with van der Waals surface area (Å²) in [5.74, 6) is 0. The first-order valence-corrected chi connectivity index (χ1v) is 7.45. The van der Waals surface area contributed by atoms with Crippen molar-refractivity contribution in [1.82, 2.24) is 0 Å². The smallest absolute Gasteiger partial charge is 0.0205 e. The minimum atomic E-state index is 0. The fourth-order valence-electron chi connectivity index (χ4n) is 2.96. The van der Waals surface area contributed by atoms with E-state index >= 15 is 0 Å². The van der Waals surface area contributed by atoms with Gasteiger partial charge in [0.15, 0.2) is 0 Å². The van der Waals surface area contributed by atoms with Crippen LogP contribution < -0.4 is 0 Å². The van der Waals surface area contributed by atoms with E-state index in [0.717, 1.165) is 0 Å². The summed E-state index contributed by atoms with van der Waals surface area (Å²) < 4.78 is 0. The normalized spacial score (nSPS) is 26.8. The summed E-state index contributed by atoms with van der Waals surface area (Å²) in [6, 6.07) is 20.0. The Morgan fingerprint density at radius 3 is 1.04 bits per heavy atom. The van der Waals surface area contributed by atoms with Crippen LogP contribution in [0.25, 0.3) is 0 Å². The van der Waals surface area contributed by atoms with Crippen molar-refractivity contribution in [3.05, 3.63) is 109 Å². The summed E-state index contributed by atoms with van der Waals surface area (Å²) in [6.45, 7) is 0. The molecule has 124 valence electrons. The molecule has 0 nitrogen and oxygen atoms in total. The van der Waals surface area contributed by atoms with E-state index in [1.165, 1.54) is 6.42 Å². The van der Waals surface area contributed by atoms with Gasteiger partial charge in [-0.1, -0.05) is 48.6 Å². The zero-order chi connectivity index (χ0) is 14.4. The van der Waals surface area contributed by atoms with Gasteiger partial charge < -0.3 is 0 Å². The summed E-state index contributed by atoms with van der Waals surface area (Å²) >= 11 is 0. The molecule has 0 unspecified atom stereocenters. The van der Waals surface area contributed by atoms with E-state index in [-0.39, 0.29) is 33.6 Å². The van der Waals surface area contributed by atoms with Crippen LogP contribution in [0.3, 0.4) is 0 Å². The Morgan fingerprint density at radius 2 is 0.826 bits per heavy atom. The van der Waals surface area contributed by atoms with Crippen LogP contribution in [0.5, 0.6) is 0 Å². The number of allylic oxidation sites excluding steroid dienone is 8. The van der Waals surface area contributed by atoms with Crippen LogP contribution in [0, 0.1) is 10.8 Å². The van der Waals surface area contributed by atoms with Crippen molar-refractivity contribution in [1.29, 1.82) is 0 Å². The number of hydrogen-bond donors (Lipinski definition) is 0. The third-order valence-corrected chi connectivity index (χ3v) is 4.23. The standard InChI is InChI=1S/C11H10.2C5H5.2Co/c1-2-6-11-8-4-3-7-10(11,5-1)9-11;2*1-2-4-5-3-1;;/h1-8H,9H2;2*1-5H;;/q;2*-1;;. The zero-order valence-corrected chi connectivity index (χ0v) is 14.8. The van der Waals surface area contributed by atoms with Crippen molar-refractivity contribution in [2.45, 2.75) is 6.42 Å². The van der Waals surface area contributed by atoms with Crippen LogP contribution in [-0.4, -0.2) is 0 Å². The number of hydrogen-bond acceptors (Lipinski definition) is 0. The van der Waals surface area contributed by atoms with E-state index in [1.807, 2.05) is 60.7 Å². The van der Waals surface area contributed by atoms with Crippen LogP contribution in [0.4, 0.5) is 0 Å². The predicted octanol–water partition coefficient (Wildman–Crippen LogP) is 5.42. The van der Waals surface area contributed by atoms with Crippen molar-refractivity contribution < 1.29 is 33.6 Å². The van der Waals surface area contributed by atoms with Crippen molar-refractivity contribution in [3.8, 4) is 0 Å². The number of rotatable bonds is 0. The minimum Gasteiger partial charge on any atom is -0.214 e. The third kappa shape index (κ3) is 4.58. The first kappa shape index (κ1) is 19.7. The molecule has 2 aromatic rings. The fraction of sp³-hybridized carbons (Fsp3) is 0.143. The molecular weight excluding hydrogens is 370 g/mol. The molecule has 0 spiro atoms. The summed E-state index contributed by atoms with van der Waals surface area (Å²) in [6.07, 6.45) is 19.2. The molecule has 2 aromatic carbocycles. The molecule has 2 heteroatoms. The third-order valence-electron chi connectivity index (χ3n) is 4.23. The first-order chi connectivity index (χ1) is 10.4. The molecule has 3 aliphatic carbocycles. The van der Waals surface area contributed by atoms with Crippen LogP contribution >= 0.6 is 0 Å². The van der Waals surface area contributed by atoms with Crippen LogP contribution in [0.2, 0.25) is 0 Å². The Labute approximate surface area is 159 Å². The maximum atomic E-state index is 2.33. The van der Waals surface area contributed by atoms with Gasteiger partial charge in [0.05, 0.1) is 0 Å². The Bertz CT molecular complexity index is 523. The maximum absolute atomic E-state index is 2.33. The average Bonchev–Trinajstić information content (AvgIpc) is 3.01. The predicted molar refractivity (Wildman–Crippen MR) is 90.1 cm³/mol. The van der Waals surface area contributed by atoms with Crippen molar-refractivity contribution >= 4 is 0 Å². The average molecular weight is 390 g/mol. The SMILES string of the molecule is C1=CC23C=CC=CC2(C=C1)C3.[Co].[Co].c1cc[cH-]c1.c1cc[cH-]c1. The molecule has 0 heterocycles. The van der Waals surface area contributed by atoms with E-state index < -0.39 is 0 Å². The Kier molecular flexibility index (Phi) is 7.79. The van der Waals surface area contributed by atoms with Gasteiger partial charge in [0.2, 0.25) is 0 Å². The van der Waals surface area contributed by atoms with Gasteiger partial charge in [0.1, 0.15) is 0 Å². The van der Waals surface area contributed by atoms with Gasteiger partial charge in [0, 0.05) is 44.4 Å². The van der Waals surface area contributed by atoms with Crippen LogP contribution in [-0.2, 0) is 33.6 Å². The molecule has 0 saturated heterocycles. The second-order valence-electron chi connectivity index (χ2n) is 5.62. The molecule has 23 heavy (non-hydrogen) atoms. The minimum absolute atomic E-state index is 0. The van der Waals surface area contributed by atoms with E-state index in [4.69, 9.17) is 0 Å². The molecule has 3 aliphatic rings. The van der Waals surface area contributed by atoms with Crippen molar-refractivity contribution in [2.24, 2.45) is 10.8 Å². The van der Waals surface area contributed by atoms with Gasteiger partial charge in [-0.25, -0.2) is 24.3 Å². The van der Waals surface area contributed by atoms with Gasteiger partial charge >= 0.3 is 0 Å². The van der Waals surface area contributed by atoms with E-state index in [0.29, 0.717) is 10.8 Å². The van der Waals surface area contributed by atoms with E-state index in [9.17, 15) is 0 Å². The van der Waals surface area contributed by atoms with Crippen molar-refractivity contribution in [2.75, 3.05) is 0 Å². The van der Waals surface area contributed by atoms with Crippen LogP contribution in [0.1, 0.15) is 6.42 Å². The zero-order valence-electron chi connectivity index (χ0n) is 12.8.